The Morgan fingerprint density at radius 3 is 2.62 bits per heavy atom. The zero-order valence-corrected chi connectivity index (χ0v) is 10.4. The molecule has 0 saturated carbocycles. The van der Waals surface area contributed by atoms with E-state index < -0.39 is 11.5 Å². The van der Waals surface area contributed by atoms with Gasteiger partial charge in [-0.25, -0.2) is 9.78 Å². The molecule has 0 amide bonds. The van der Waals surface area contributed by atoms with Crippen LogP contribution in [-0.4, -0.2) is 20.6 Å². The molecule has 0 saturated heterocycles. The van der Waals surface area contributed by atoms with Crippen molar-refractivity contribution in [3.63, 3.8) is 0 Å². The molecular weight excluding hydrogens is 204 g/mol. The number of rotatable bonds is 5. The Hall–Kier alpha value is -1.32. The Morgan fingerprint density at radius 1 is 1.62 bits per heavy atom. The van der Waals surface area contributed by atoms with E-state index in [1.807, 2.05) is 6.92 Å². The zero-order chi connectivity index (χ0) is 12.3. The third-order valence-electron chi connectivity index (χ3n) is 3.03. The Kier molecular flexibility index (Phi) is 3.73. The fourth-order valence-corrected chi connectivity index (χ4v) is 1.80. The Balaban J connectivity index is 2.98. The quantitative estimate of drug-likeness (QED) is 0.835. The Labute approximate surface area is 96.3 Å². The number of imidazole rings is 1. The van der Waals surface area contributed by atoms with Crippen LogP contribution in [0.5, 0.6) is 0 Å². The fraction of sp³-hybridized carbons (Fsp3) is 0.667. The van der Waals surface area contributed by atoms with Gasteiger partial charge < -0.3 is 9.67 Å². The second-order valence-electron chi connectivity index (χ2n) is 4.86. The first-order valence-electron chi connectivity index (χ1n) is 5.61. The molecule has 4 nitrogen and oxygen atoms in total. The fourth-order valence-electron chi connectivity index (χ4n) is 1.80. The van der Waals surface area contributed by atoms with E-state index in [4.69, 9.17) is 0 Å². The number of hydrogen-bond acceptors (Lipinski definition) is 2. The number of aliphatic carboxylic acids is 1. The minimum absolute atomic E-state index is 0.502. The van der Waals surface area contributed by atoms with E-state index >= 15 is 0 Å². The topological polar surface area (TPSA) is 55.1 Å². The lowest BCUT2D eigenvalue weighted by Crippen LogP contribution is -2.39. The summed E-state index contributed by atoms with van der Waals surface area (Å²) >= 11 is 0. The highest BCUT2D eigenvalue weighted by Crippen LogP contribution is 2.26. The first-order chi connectivity index (χ1) is 7.38. The average molecular weight is 224 g/mol. The molecule has 16 heavy (non-hydrogen) atoms. The SMILES string of the molecule is Cc1nccn1C(C)(CCC(C)C)C(=O)O. The standard InChI is InChI=1S/C12H20N2O2/c1-9(2)5-6-12(4,11(15)16)14-8-7-13-10(14)3/h7-9H,5-6H2,1-4H3,(H,15,16). The lowest BCUT2D eigenvalue weighted by atomic mass is 9.91. The summed E-state index contributed by atoms with van der Waals surface area (Å²) in [6.45, 7) is 7.79. The van der Waals surface area contributed by atoms with Crippen LogP contribution in [-0.2, 0) is 10.3 Å². The van der Waals surface area contributed by atoms with Crippen molar-refractivity contribution in [3.05, 3.63) is 18.2 Å². The molecule has 1 heterocycles. The smallest absolute Gasteiger partial charge is 0.329 e. The van der Waals surface area contributed by atoms with Crippen molar-refractivity contribution >= 4 is 5.97 Å². The molecular formula is C12H20N2O2. The summed E-state index contributed by atoms with van der Waals surface area (Å²) in [6, 6.07) is 0. The normalized spacial score (nSPS) is 15.1. The second kappa shape index (κ2) is 4.68. The molecule has 0 aliphatic carbocycles. The Morgan fingerprint density at radius 2 is 2.25 bits per heavy atom. The minimum Gasteiger partial charge on any atom is -0.479 e. The van der Waals surface area contributed by atoms with Crippen molar-refractivity contribution in [2.24, 2.45) is 5.92 Å². The molecule has 1 atom stereocenters. The molecule has 0 aromatic carbocycles. The number of carboxylic acid groups (broad SMARTS) is 1. The number of aromatic nitrogens is 2. The third-order valence-corrected chi connectivity index (χ3v) is 3.03. The van der Waals surface area contributed by atoms with E-state index in [1.54, 1.807) is 23.9 Å². The molecule has 0 aliphatic rings. The average Bonchev–Trinajstić information content (AvgIpc) is 2.61. The van der Waals surface area contributed by atoms with E-state index in [9.17, 15) is 9.90 Å². The van der Waals surface area contributed by atoms with E-state index in [0.29, 0.717) is 12.3 Å². The molecule has 4 heteroatoms. The highest BCUT2D eigenvalue weighted by molar-refractivity contribution is 5.76. The number of carbonyl (C=O) groups is 1. The summed E-state index contributed by atoms with van der Waals surface area (Å²) in [7, 11) is 0. The van der Waals surface area contributed by atoms with Crippen LogP contribution in [0.3, 0.4) is 0 Å². The molecule has 0 aliphatic heterocycles. The van der Waals surface area contributed by atoms with Crippen molar-refractivity contribution in [1.29, 1.82) is 0 Å². The molecule has 90 valence electrons. The van der Waals surface area contributed by atoms with Crippen molar-refractivity contribution in [3.8, 4) is 0 Å². The van der Waals surface area contributed by atoms with Crippen LogP contribution in [0.1, 0.15) is 39.4 Å². The van der Waals surface area contributed by atoms with Crippen LogP contribution in [0.4, 0.5) is 0 Å². The van der Waals surface area contributed by atoms with Gasteiger partial charge in [-0.05, 0) is 32.6 Å². The van der Waals surface area contributed by atoms with E-state index in [2.05, 4.69) is 18.8 Å². The molecule has 0 fully saturated rings. The van der Waals surface area contributed by atoms with Crippen molar-refractivity contribution in [1.82, 2.24) is 9.55 Å². The molecule has 1 N–H and O–H groups in total. The summed E-state index contributed by atoms with van der Waals surface area (Å²) in [6.07, 6.45) is 4.90. The maximum Gasteiger partial charge on any atom is 0.329 e. The third kappa shape index (κ3) is 2.43. The minimum atomic E-state index is -0.884. The molecule has 0 spiro atoms. The predicted molar refractivity (Wildman–Crippen MR) is 62.3 cm³/mol. The van der Waals surface area contributed by atoms with Gasteiger partial charge in [0.2, 0.25) is 0 Å². The maximum absolute atomic E-state index is 11.4. The Bertz CT molecular complexity index is 371. The van der Waals surface area contributed by atoms with Crippen LogP contribution < -0.4 is 0 Å². The molecule has 0 radical (unpaired) electrons. The summed E-state index contributed by atoms with van der Waals surface area (Å²) in [5.41, 5.74) is -0.884. The van der Waals surface area contributed by atoms with Gasteiger partial charge in [-0.3, -0.25) is 0 Å². The predicted octanol–water partition coefficient (Wildman–Crippen LogP) is 2.43. The van der Waals surface area contributed by atoms with Gasteiger partial charge in [0.05, 0.1) is 0 Å². The van der Waals surface area contributed by atoms with E-state index in [0.717, 1.165) is 12.2 Å². The van der Waals surface area contributed by atoms with Gasteiger partial charge in [-0.2, -0.15) is 0 Å². The first-order valence-corrected chi connectivity index (χ1v) is 5.61. The first kappa shape index (κ1) is 12.7. The molecule has 1 aromatic rings. The largest absolute Gasteiger partial charge is 0.479 e. The van der Waals surface area contributed by atoms with Gasteiger partial charge in [0.15, 0.2) is 0 Å². The lowest BCUT2D eigenvalue weighted by Gasteiger charge is -2.28. The van der Waals surface area contributed by atoms with Gasteiger partial charge in [0.1, 0.15) is 11.4 Å². The number of aryl methyl sites for hydroxylation is 1. The summed E-state index contributed by atoms with van der Waals surface area (Å²) in [4.78, 5) is 15.5. The van der Waals surface area contributed by atoms with Crippen LogP contribution in [0.15, 0.2) is 12.4 Å². The van der Waals surface area contributed by atoms with Gasteiger partial charge >= 0.3 is 5.97 Å². The second-order valence-corrected chi connectivity index (χ2v) is 4.86. The summed E-state index contributed by atoms with van der Waals surface area (Å²) < 4.78 is 1.75. The van der Waals surface area contributed by atoms with E-state index in [-0.39, 0.29) is 0 Å². The molecule has 1 unspecified atom stereocenters. The van der Waals surface area contributed by atoms with Gasteiger partial charge in [0, 0.05) is 12.4 Å². The number of carboxylic acids is 1. The van der Waals surface area contributed by atoms with Crippen LogP contribution >= 0.6 is 0 Å². The molecule has 0 bridgehead atoms. The van der Waals surface area contributed by atoms with E-state index in [1.165, 1.54) is 0 Å². The van der Waals surface area contributed by atoms with Crippen molar-refractivity contribution < 1.29 is 9.90 Å². The molecule has 1 rings (SSSR count). The van der Waals surface area contributed by atoms with Gasteiger partial charge in [-0.15, -0.1) is 0 Å². The molecule has 1 aromatic heterocycles. The maximum atomic E-state index is 11.4. The highest BCUT2D eigenvalue weighted by atomic mass is 16.4. The number of hydrogen-bond donors (Lipinski definition) is 1. The lowest BCUT2D eigenvalue weighted by molar-refractivity contribution is -0.147. The van der Waals surface area contributed by atoms with Gasteiger partial charge in [-0.1, -0.05) is 13.8 Å². The monoisotopic (exact) mass is 224 g/mol. The zero-order valence-electron chi connectivity index (χ0n) is 10.4. The highest BCUT2D eigenvalue weighted by Gasteiger charge is 2.35. The summed E-state index contributed by atoms with van der Waals surface area (Å²) in [5, 5.41) is 9.39. The van der Waals surface area contributed by atoms with Crippen molar-refractivity contribution in [2.75, 3.05) is 0 Å². The summed E-state index contributed by atoms with van der Waals surface area (Å²) in [5.74, 6) is 0.449. The van der Waals surface area contributed by atoms with Crippen LogP contribution in [0, 0.1) is 12.8 Å². The van der Waals surface area contributed by atoms with Gasteiger partial charge in [0.25, 0.3) is 0 Å². The number of nitrogens with zero attached hydrogens (tertiary/aromatic N) is 2. The van der Waals surface area contributed by atoms with Crippen LogP contribution in [0.2, 0.25) is 0 Å². The van der Waals surface area contributed by atoms with Crippen LogP contribution in [0.25, 0.3) is 0 Å². The van der Waals surface area contributed by atoms with Crippen molar-refractivity contribution in [2.45, 2.75) is 46.1 Å².